The standard InChI is InChI=1S/C19H28N2O5/c1-24-12-4-9-20-18(22)14-7-10-21(11-8-14)19(23)16-6-5-15(25-2)13-17(16)26-3/h5-6,13-14H,4,7-12H2,1-3H3,(H,20,22). The van der Waals surface area contributed by atoms with Gasteiger partial charge in [0.05, 0.1) is 19.8 Å². The lowest BCUT2D eigenvalue weighted by molar-refractivity contribution is -0.126. The average Bonchev–Trinajstić information content (AvgIpc) is 2.70. The number of carbonyl (C=O) groups excluding carboxylic acids is 2. The van der Waals surface area contributed by atoms with Crippen LogP contribution in [0, 0.1) is 5.92 Å². The van der Waals surface area contributed by atoms with Gasteiger partial charge in [-0.05, 0) is 31.4 Å². The minimum Gasteiger partial charge on any atom is -0.497 e. The molecule has 0 bridgehead atoms. The lowest BCUT2D eigenvalue weighted by Crippen LogP contribution is -2.43. The second-order valence-electron chi connectivity index (χ2n) is 6.27. The molecule has 1 saturated heterocycles. The van der Waals surface area contributed by atoms with E-state index in [1.165, 1.54) is 7.11 Å². The van der Waals surface area contributed by atoms with Crippen LogP contribution in [0.3, 0.4) is 0 Å². The lowest BCUT2D eigenvalue weighted by Gasteiger charge is -2.31. The van der Waals surface area contributed by atoms with E-state index in [1.54, 1.807) is 37.3 Å². The minimum atomic E-state index is -0.0801. The van der Waals surface area contributed by atoms with Crippen LogP contribution in [-0.4, -0.2) is 64.3 Å². The molecule has 1 aromatic carbocycles. The summed E-state index contributed by atoms with van der Waals surface area (Å²) in [5.41, 5.74) is 0.510. The summed E-state index contributed by atoms with van der Waals surface area (Å²) in [6.45, 7) is 2.38. The highest BCUT2D eigenvalue weighted by atomic mass is 16.5. The smallest absolute Gasteiger partial charge is 0.257 e. The van der Waals surface area contributed by atoms with Crippen molar-refractivity contribution in [3.05, 3.63) is 23.8 Å². The molecule has 0 aromatic heterocycles. The molecule has 26 heavy (non-hydrogen) atoms. The van der Waals surface area contributed by atoms with E-state index in [9.17, 15) is 9.59 Å². The molecular weight excluding hydrogens is 336 g/mol. The summed E-state index contributed by atoms with van der Waals surface area (Å²) in [5.74, 6) is 1.08. The number of rotatable bonds is 8. The largest absolute Gasteiger partial charge is 0.497 e. The van der Waals surface area contributed by atoms with Crippen molar-refractivity contribution in [2.24, 2.45) is 5.92 Å². The number of carbonyl (C=O) groups is 2. The first kappa shape index (κ1) is 20.0. The summed E-state index contributed by atoms with van der Waals surface area (Å²) < 4.78 is 15.5. The Hall–Kier alpha value is -2.28. The van der Waals surface area contributed by atoms with Gasteiger partial charge in [-0.1, -0.05) is 0 Å². The zero-order valence-corrected chi connectivity index (χ0v) is 15.7. The van der Waals surface area contributed by atoms with Crippen LogP contribution in [0.1, 0.15) is 29.6 Å². The predicted octanol–water partition coefficient (Wildman–Crippen LogP) is 1.71. The first-order chi connectivity index (χ1) is 12.6. The first-order valence-corrected chi connectivity index (χ1v) is 8.88. The molecule has 7 nitrogen and oxygen atoms in total. The van der Waals surface area contributed by atoms with Gasteiger partial charge >= 0.3 is 0 Å². The second-order valence-corrected chi connectivity index (χ2v) is 6.27. The third-order valence-corrected chi connectivity index (χ3v) is 4.62. The number of hydrogen-bond acceptors (Lipinski definition) is 5. The molecule has 7 heteroatoms. The normalized spacial score (nSPS) is 14.8. The van der Waals surface area contributed by atoms with Crippen molar-refractivity contribution in [1.82, 2.24) is 10.2 Å². The quantitative estimate of drug-likeness (QED) is 0.711. The van der Waals surface area contributed by atoms with Crippen LogP contribution < -0.4 is 14.8 Å². The Kier molecular flexibility index (Phi) is 7.72. The summed E-state index contributed by atoms with van der Waals surface area (Å²) in [6, 6.07) is 5.16. The molecule has 1 aliphatic rings. The number of piperidine rings is 1. The van der Waals surface area contributed by atoms with Gasteiger partial charge in [0, 0.05) is 45.3 Å². The van der Waals surface area contributed by atoms with Crippen molar-refractivity contribution < 1.29 is 23.8 Å². The summed E-state index contributed by atoms with van der Waals surface area (Å²) in [5, 5.41) is 2.94. The number of nitrogens with zero attached hydrogens (tertiary/aromatic N) is 1. The molecule has 0 aliphatic carbocycles. The van der Waals surface area contributed by atoms with E-state index in [2.05, 4.69) is 5.32 Å². The monoisotopic (exact) mass is 364 g/mol. The van der Waals surface area contributed by atoms with Gasteiger partial charge in [0.15, 0.2) is 0 Å². The van der Waals surface area contributed by atoms with Crippen molar-refractivity contribution in [3.63, 3.8) is 0 Å². The zero-order valence-electron chi connectivity index (χ0n) is 15.7. The number of methoxy groups -OCH3 is 3. The van der Waals surface area contributed by atoms with Crippen LogP contribution >= 0.6 is 0 Å². The van der Waals surface area contributed by atoms with Gasteiger partial charge in [-0.15, -0.1) is 0 Å². The van der Waals surface area contributed by atoms with E-state index in [-0.39, 0.29) is 17.7 Å². The van der Waals surface area contributed by atoms with E-state index >= 15 is 0 Å². The summed E-state index contributed by atoms with van der Waals surface area (Å²) in [4.78, 5) is 26.8. The molecule has 2 amide bonds. The fourth-order valence-corrected chi connectivity index (χ4v) is 3.06. The number of amides is 2. The molecule has 144 valence electrons. The van der Waals surface area contributed by atoms with Gasteiger partial charge < -0.3 is 24.4 Å². The maximum absolute atomic E-state index is 12.8. The van der Waals surface area contributed by atoms with Gasteiger partial charge in [-0.25, -0.2) is 0 Å². The van der Waals surface area contributed by atoms with Gasteiger partial charge in [-0.3, -0.25) is 9.59 Å². The Labute approximate surface area is 154 Å². The number of benzene rings is 1. The molecule has 2 rings (SSSR count). The third-order valence-electron chi connectivity index (χ3n) is 4.62. The Balaban J connectivity index is 1.89. The molecule has 1 aromatic rings. The summed E-state index contributed by atoms with van der Waals surface area (Å²) in [7, 11) is 4.75. The fraction of sp³-hybridized carbons (Fsp3) is 0.579. The van der Waals surface area contributed by atoms with Crippen molar-refractivity contribution in [1.29, 1.82) is 0 Å². The molecule has 0 spiro atoms. The summed E-state index contributed by atoms with van der Waals surface area (Å²) >= 11 is 0. The van der Waals surface area contributed by atoms with E-state index in [0.717, 1.165) is 6.42 Å². The maximum atomic E-state index is 12.8. The Bertz CT molecular complexity index is 612. The van der Waals surface area contributed by atoms with Gasteiger partial charge in [-0.2, -0.15) is 0 Å². The van der Waals surface area contributed by atoms with Crippen molar-refractivity contribution in [2.45, 2.75) is 19.3 Å². The van der Waals surface area contributed by atoms with E-state index in [1.807, 2.05) is 0 Å². The van der Waals surface area contributed by atoms with E-state index in [4.69, 9.17) is 14.2 Å². The number of ether oxygens (including phenoxy) is 3. The molecule has 1 fully saturated rings. The number of nitrogens with one attached hydrogen (secondary N) is 1. The zero-order chi connectivity index (χ0) is 18.9. The Morgan fingerprint density at radius 1 is 1.15 bits per heavy atom. The van der Waals surface area contributed by atoms with Crippen molar-refractivity contribution in [3.8, 4) is 11.5 Å². The highest BCUT2D eigenvalue weighted by molar-refractivity contribution is 5.97. The summed E-state index contributed by atoms with van der Waals surface area (Å²) in [6.07, 6.45) is 2.14. The highest BCUT2D eigenvalue weighted by Gasteiger charge is 2.28. The van der Waals surface area contributed by atoms with Crippen molar-refractivity contribution >= 4 is 11.8 Å². The fourth-order valence-electron chi connectivity index (χ4n) is 3.06. The molecule has 0 saturated carbocycles. The number of hydrogen-bond donors (Lipinski definition) is 1. The van der Waals surface area contributed by atoms with Gasteiger partial charge in [0.1, 0.15) is 11.5 Å². The Morgan fingerprint density at radius 2 is 1.88 bits per heavy atom. The lowest BCUT2D eigenvalue weighted by atomic mass is 9.95. The van der Waals surface area contributed by atoms with Crippen LogP contribution in [0.15, 0.2) is 18.2 Å². The predicted molar refractivity (Wildman–Crippen MR) is 97.7 cm³/mol. The molecule has 0 radical (unpaired) electrons. The maximum Gasteiger partial charge on any atom is 0.257 e. The van der Waals surface area contributed by atoms with Crippen LogP contribution in [0.5, 0.6) is 11.5 Å². The first-order valence-electron chi connectivity index (χ1n) is 8.88. The number of likely N-dealkylation sites (tertiary alicyclic amines) is 1. The van der Waals surface area contributed by atoms with Crippen LogP contribution in [-0.2, 0) is 9.53 Å². The van der Waals surface area contributed by atoms with E-state index < -0.39 is 0 Å². The molecule has 1 heterocycles. The van der Waals surface area contributed by atoms with Crippen molar-refractivity contribution in [2.75, 3.05) is 47.6 Å². The molecule has 0 atom stereocenters. The van der Waals surface area contributed by atoms with E-state index in [0.29, 0.717) is 56.1 Å². The topological polar surface area (TPSA) is 77.1 Å². The average molecular weight is 364 g/mol. The van der Waals surface area contributed by atoms with Crippen LogP contribution in [0.4, 0.5) is 0 Å². The third kappa shape index (κ3) is 5.11. The van der Waals surface area contributed by atoms with Gasteiger partial charge in [0.2, 0.25) is 5.91 Å². The Morgan fingerprint density at radius 3 is 2.50 bits per heavy atom. The highest BCUT2D eigenvalue weighted by Crippen LogP contribution is 2.27. The van der Waals surface area contributed by atoms with Crippen LogP contribution in [0.25, 0.3) is 0 Å². The molecule has 1 N–H and O–H groups in total. The molecule has 0 unspecified atom stereocenters. The molecule has 1 aliphatic heterocycles. The SMILES string of the molecule is COCCCNC(=O)C1CCN(C(=O)c2ccc(OC)cc2OC)CC1. The van der Waals surface area contributed by atoms with Gasteiger partial charge in [0.25, 0.3) is 5.91 Å². The minimum absolute atomic E-state index is 0.0423. The van der Waals surface area contributed by atoms with Crippen LogP contribution in [0.2, 0.25) is 0 Å². The second kappa shape index (κ2) is 10.0. The molecular formula is C19H28N2O5.